The number of benzene rings is 2. The van der Waals surface area contributed by atoms with Crippen molar-refractivity contribution in [3.63, 3.8) is 0 Å². The predicted octanol–water partition coefficient (Wildman–Crippen LogP) is 3.76. The molecule has 0 fully saturated rings. The molecule has 8 nitrogen and oxygen atoms in total. The highest BCUT2D eigenvalue weighted by Gasteiger charge is 2.17. The minimum absolute atomic E-state index is 0.0928. The molecule has 34 heavy (non-hydrogen) atoms. The predicted molar refractivity (Wildman–Crippen MR) is 132 cm³/mol. The molecule has 2 aromatic carbocycles. The fraction of sp³-hybridized carbons (Fsp3) is 0.0800. The van der Waals surface area contributed by atoms with E-state index in [1.54, 1.807) is 4.52 Å². The van der Waals surface area contributed by atoms with Crippen molar-refractivity contribution in [1.82, 2.24) is 19.6 Å². The second-order valence-corrected chi connectivity index (χ2v) is 9.35. The number of aromatic nitrogens is 4. The van der Waals surface area contributed by atoms with Gasteiger partial charge in [0.1, 0.15) is 10.4 Å². The lowest BCUT2D eigenvalue weighted by atomic mass is 10.1. The first-order valence-corrected chi connectivity index (χ1v) is 12.2. The monoisotopic (exact) mass is 470 g/mol. The van der Waals surface area contributed by atoms with Crippen molar-refractivity contribution in [1.29, 1.82) is 0 Å². The van der Waals surface area contributed by atoms with Crippen LogP contribution in [0.25, 0.3) is 28.0 Å². The fourth-order valence-electron chi connectivity index (χ4n) is 3.79. The molecule has 5 rings (SSSR count). The van der Waals surface area contributed by atoms with Gasteiger partial charge in [-0.25, -0.2) is 23.1 Å². The van der Waals surface area contributed by atoms with Crippen LogP contribution in [-0.4, -0.2) is 34.5 Å². The van der Waals surface area contributed by atoms with Crippen molar-refractivity contribution >= 4 is 21.4 Å². The molecular weight excluding hydrogens is 448 g/mol. The number of fused-ring (bicyclic) bond motifs is 1. The molecule has 0 unspecified atom stereocenters. The molecule has 0 radical (unpaired) electrons. The lowest BCUT2D eigenvalue weighted by Crippen LogP contribution is -2.13. The van der Waals surface area contributed by atoms with Gasteiger partial charge >= 0.3 is 0 Å². The Balaban J connectivity index is 1.59. The summed E-state index contributed by atoms with van der Waals surface area (Å²) >= 11 is 0. The quantitative estimate of drug-likeness (QED) is 0.374. The summed E-state index contributed by atoms with van der Waals surface area (Å²) in [4.78, 5) is 8.70. The maximum absolute atomic E-state index is 11.8. The normalized spacial score (nSPS) is 11.6. The average Bonchev–Trinajstić information content (AvgIpc) is 3.29. The molecule has 0 atom stereocenters. The van der Waals surface area contributed by atoms with E-state index in [2.05, 4.69) is 27.5 Å². The number of nitrogens with two attached hydrogens (primary N) is 1. The minimum Gasteiger partial charge on any atom is -0.368 e. The number of nitrogens with zero attached hydrogens (tertiary/aromatic N) is 4. The van der Waals surface area contributed by atoms with Crippen LogP contribution in [0.4, 0.5) is 5.82 Å². The van der Waals surface area contributed by atoms with Crippen LogP contribution in [0.15, 0.2) is 96.3 Å². The molecule has 0 aliphatic carbocycles. The van der Waals surface area contributed by atoms with Crippen molar-refractivity contribution in [2.75, 3.05) is 11.9 Å². The SMILES string of the molecule is NS(=O)(=O)c1cncc(-c2nc(NCCc3ccccc3)c3c(-c4ccccc4)ccn3n2)c1. The standard InChI is InChI=1S/C25H22N6O2S/c26-34(32,33)21-15-20(16-27-17-21)24-29-25(28-13-11-18-7-3-1-4-8-18)23-22(12-14-31(23)30-24)19-9-5-2-6-10-19/h1-10,12,14-17H,11,13H2,(H2,26,32,33)(H,28,29,30). The van der Waals surface area contributed by atoms with Crippen LogP contribution in [0.3, 0.4) is 0 Å². The molecule has 9 heteroatoms. The van der Waals surface area contributed by atoms with Crippen LogP contribution in [0.5, 0.6) is 0 Å². The highest BCUT2D eigenvalue weighted by Crippen LogP contribution is 2.31. The first-order valence-electron chi connectivity index (χ1n) is 10.7. The molecule has 0 bridgehead atoms. The molecule has 170 valence electrons. The van der Waals surface area contributed by atoms with E-state index in [0.29, 0.717) is 23.8 Å². The van der Waals surface area contributed by atoms with E-state index < -0.39 is 10.0 Å². The summed E-state index contributed by atoms with van der Waals surface area (Å²) in [6.45, 7) is 0.658. The summed E-state index contributed by atoms with van der Waals surface area (Å²) in [6, 6.07) is 23.6. The number of primary sulfonamides is 1. The van der Waals surface area contributed by atoms with E-state index in [-0.39, 0.29) is 4.90 Å². The van der Waals surface area contributed by atoms with Gasteiger partial charge in [-0.05, 0) is 29.7 Å². The molecule has 0 aliphatic rings. The molecule has 0 aliphatic heterocycles. The van der Waals surface area contributed by atoms with Crippen LogP contribution >= 0.6 is 0 Å². The van der Waals surface area contributed by atoms with Gasteiger partial charge in [0.25, 0.3) is 0 Å². The third kappa shape index (κ3) is 4.52. The molecule has 0 saturated carbocycles. The van der Waals surface area contributed by atoms with Gasteiger partial charge in [-0.15, -0.1) is 5.10 Å². The Morgan fingerprint density at radius 1 is 0.912 bits per heavy atom. The minimum atomic E-state index is -3.90. The van der Waals surface area contributed by atoms with Crippen molar-refractivity contribution < 1.29 is 8.42 Å². The molecule has 0 amide bonds. The lowest BCUT2D eigenvalue weighted by Gasteiger charge is -2.12. The summed E-state index contributed by atoms with van der Waals surface area (Å²) in [7, 11) is -3.90. The summed E-state index contributed by atoms with van der Waals surface area (Å²) in [5.41, 5.74) is 4.54. The Morgan fingerprint density at radius 3 is 2.38 bits per heavy atom. The summed E-state index contributed by atoms with van der Waals surface area (Å²) in [6.07, 6.45) is 5.41. The average molecular weight is 471 g/mol. The maximum atomic E-state index is 11.8. The van der Waals surface area contributed by atoms with Gasteiger partial charge in [0.2, 0.25) is 10.0 Å². The Morgan fingerprint density at radius 2 is 1.65 bits per heavy atom. The highest BCUT2D eigenvalue weighted by atomic mass is 32.2. The van der Waals surface area contributed by atoms with E-state index >= 15 is 0 Å². The van der Waals surface area contributed by atoms with Gasteiger partial charge in [-0.3, -0.25) is 4.98 Å². The van der Waals surface area contributed by atoms with Crippen molar-refractivity contribution in [3.8, 4) is 22.5 Å². The summed E-state index contributed by atoms with van der Waals surface area (Å²) in [5, 5.41) is 13.4. The van der Waals surface area contributed by atoms with Gasteiger partial charge in [0, 0.05) is 36.3 Å². The van der Waals surface area contributed by atoms with Gasteiger partial charge in [-0.2, -0.15) is 0 Å². The van der Waals surface area contributed by atoms with Crippen LogP contribution in [-0.2, 0) is 16.4 Å². The second-order valence-electron chi connectivity index (χ2n) is 7.79. The van der Waals surface area contributed by atoms with E-state index in [4.69, 9.17) is 10.1 Å². The Hall–Kier alpha value is -4.08. The number of sulfonamides is 1. The highest BCUT2D eigenvalue weighted by molar-refractivity contribution is 7.89. The second kappa shape index (κ2) is 9.05. The smallest absolute Gasteiger partial charge is 0.239 e. The zero-order valence-corrected chi connectivity index (χ0v) is 19.0. The number of hydrogen-bond acceptors (Lipinski definition) is 6. The molecular formula is C25H22N6O2S. The van der Waals surface area contributed by atoms with E-state index in [9.17, 15) is 8.42 Å². The largest absolute Gasteiger partial charge is 0.368 e. The number of anilines is 1. The Labute approximate surface area is 197 Å². The fourth-order valence-corrected chi connectivity index (χ4v) is 4.29. The van der Waals surface area contributed by atoms with Crippen molar-refractivity contribution in [3.05, 3.63) is 97.0 Å². The Kier molecular flexibility index (Phi) is 5.79. The van der Waals surface area contributed by atoms with Crippen LogP contribution < -0.4 is 10.5 Å². The third-order valence-corrected chi connectivity index (χ3v) is 6.33. The zero-order chi connectivity index (χ0) is 23.5. The summed E-state index contributed by atoms with van der Waals surface area (Å²) < 4.78 is 25.4. The number of pyridine rings is 1. The molecule has 3 heterocycles. The van der Waals surface area contributed by atoms with Crippen LogP contribution in [0, 0.1) is 0 Å². The molecule has 0 saturated heterocycles. The van der Waals surface area contributed by atoms with Gasteiger partial charge in [0.15, 0.2) is 11.6 Å². The first kappa shape index (κ1) is 21.7. The van der Waals surface area contributed by atoms with Crippen LogP contribution in [0.1, 0.15) is 5.56 Å². The van der Waals surface area contributed by atoms with Gasteiger partial charge in [0.05, 0.1) is 0 Å². The molecule has 3 N–H and O–H groups in total. The van der Waals surface area contributed by atoms with Crippen LogP contribution in [0.2, 0.25) is 0 Å². The van der Waals surface area contributed by atoms with Gasteiger partial charge < -0.3 is 5.32 Å². The molecule has 3 aromatic heterocycles. The van der Waals surface area contributed by atoms with Gasteiger partial charge in [-0.1, -0.05) is 60.7 Å². The molecule has 0 spiro atoms. The number of hydrogen-bond donors (Lipinski definition) is 2. The van der Waals surface area contributed by atoms with Crippen molar-refractivity contribution in [2.45, 2.75) is 11.3 Å². The van der Waals surface area contributed by atoms with E-state index in [1.807, 2.05) is 60.8 Å². The number of rotatable bonds is 7. The van der Waals surface area contributed by atoms with Crippen molar-refractivity contribution in [2.24, 2.45) is 5.14 Å². The summed E-state index contributed by atoms with van der Waals surface area (Å²) in [5.74, 6) is 0.980. The lowest BCUT2D eigenvalue weighted by molar-refractivity contribution is 0.597. The maximum Gasteiger partial charge on any atom is 0.239 e. The third-order valence-electron chi connectivity index (χ3n) is 5.44. The zero-order valence-electron chi connectivity index (χ0n) is 18.2. The topological polar surface area (TPSA) is 115 Å². The first-order chi connectivity index (χ1) is 16.5. The van der Waals surface area contributed by atoms with E-state index in [1.165, 1.54) is 24.0 Å². The van der Waals surface area contributed by atoms with E-state index in [0.717, 1.165) is 23.1 Å². The number of nitrogens with one attached hydrogen (secondary N) is 1. The molecule has 5 aromatic rings. The Bertz CT molecular complexity index is 1550.